The van der Waals surface area contributed by atoms with E-state index in [1.807, 2.05) is 83.1 Å². The summed E-state index contributed by atoms with van der Waals surface area (Å²) in [6.45, 7) is 9.69. The topological polar surface area (TPSA) is 38.8 Å². The molecule has 2 aromatic rings. The molecule has 1 unspecified atom stereocenters. The van der Waals surface area contributed by atoms with Crippen LogP contribution in [0.1, 0.15) is 43.0 Å². The zero-order valence-corrected chi connectivity index (χ0v) is 14.9. The lowest BCUT2D eigenvalue weighted by Crippen LogP contribution is -2.30. The van der Waals surface area contributed by atoms with Crippen molar-refractivity contribution in [2.24, 2.45) is 0 Å². The largest absolute Gasteiger partial charge is 0.458 e. The van der Waals surface area contributed by atoms with E-state index in [0.29, 0.717) is 0 Å². The monoisotopic (exact) mass is 324 g/mol. The molecule has 1 atom stereocenters. The normalized spacial score (nSPS) is 19.0. The summed E-state index contributed by atoms with van der Waals surface area (Å²) in [5.74, 6) is -0.316. The molecule has 24 heavy (non-hydrogen) atoms. The Morgan fingerprint density at radius 3 is 1.71 bits per heavy atom. The first-order valence-corrected chi connectivity index (χ1v) is 8.27. The van der Waals surface area contributed by atoms with Gasteiger partial charge in [-0.25, -0.2) is 4.79 Å². The second kappa shape index (κ2) is 5.75. The molecule has 3 heteroatoms. The van der Waals surface area contributed by atoms with Crippen molar-refractivity contribution in [2.75, 3.05) is 0 Å². The molecule has 1 heterocycles. The molecule has 1 saturated heterocycles. The molecule has 1 aliphatic heterocycles. The van der Waals surface area contributed by atoms with Gasteiger partial charge in [0.25, 0.3) is 0 Å². The third kappa shape index (κ3) is 3.09. The first-order valence-electron chi connectivity index (χ1n) is 8.27. The minimum Gasteiger partial charge on any atom is -0.458 e. The Morgan fingerprint density at radius 1 is 0.917 bits per heavy atom. The highest BCUT2D eigenvalue weighted by Crippen LogP contribution is 2.52. The highest BCUT2D eigenvalue weighted by Gasteiger charge is 2.64. The fourth-order valence-electron chi connectivity index (χ4n) is 2.93. The van der Waals surface area contributed by atoms with Crippen LogP contribution in [0.3, 0.4) is 0 Å². The van der Waals surface area contributed by atoms with E-state index in [1.54, 1.807) is 0 Å². The van der Waals surface area contributed by atoms with Crippen LogP contribution < -0.4 is 0 Å². The Bertz CT molecular complexity index is 691. The molecule has 0 N–H and O–H groups in total. The van der Waals surface area contributed by atoms with Crippen molar-refractivity contribution in [3.63, 3.8) is 0 Å². The van der Waals surface area contributed by atoms with Gasteiger partial charge < -0.3 is 9.47 Å². The average molecular weight is 324 g/mol. The van der Waals surface area contributed by atoms with Crippen molar-refractivity contribution in [1.82, 2.24) is 0 Å². The van der Waals surface area contributed by atoms with E-state index in [2.05, 4.69) is 0 Å². The summed E-state index contributed by atoms with van der Waals surface area (Å²) < 4.78 is 11.5. The van der Waals surface area contributed by atoms with E-state index in [1.165, 1.54) is 11.1 Å². The van der Waals surface area contributed by atoms with Gasteiger partial charge in [0.2, 0.25) is 0 Å². The lowest BCUT2D eigenvalue weighted by Gasteiger charge is -2.20. The number of carbonyl (C=O) groups excluding carboxylic acids is 1. The number of carbonyl (C=O) groups is 1. The van der Waals surface area contributed by atoms with Crippen LogP contribution in [-0.2, 0) is 19.9 Å². The summed E-state index contributed by atoms with van der Waals surface area (Å²) in [6, 6.07) is 16.3. The number of esters is 1. The van der Waals surface area contributed by atoms with Gasteiger partial charge in [-0.3, -0.25) is 0 Å². The molecule has 0 aromatic heterocycles. The lowest BCUT2D eigenvalue weighted by molar-refractivity contribution is -0.156. The lowest BCUT2D eigenvalue weighted by atomic mass is 9.87. The molecule has 126 valence electrons. The van der Waals surface area contributed by atoms with Gasteiger partial charge in [-0.05, 0) is 45.7 Å². The molecular formula is C21H24O3. The predicted octanol–water partition coefficient (Wildman–Crippen LogP) is 4.29. The van der Waals surface area contributed by atoms with Crippen molar-refractivity contribution >= 4 is 5.97 Å². The van der Waals surface area contributed by atoms with E-state index in [-0.39, 0.29) is 5.97 Å². The number of hydrogen-bond donors (Lipinski definition) is 0. The fourth-order valence-corrected chi connectivity index (χ4v) is 2.93. The molecule has 0 saturated carbocycles. The van der Waals surface area contributed by atoms with Crippen LogP contribution >= 0.6 is 0 Å². The molecule has 0 bridgehead atoms. The van der Waals surface area contributed by atoms with Crippen LogP contribution in [0.25, 0.3) is 0 Å². The third-order valence-electron chi connectivity index (χ3n) is 4.20. The smallest absolute Gasteiger partial charge is 0.339 e. The van der Waals surface area contributed by atoms with E-state index < -0.39 is 17.3 Å². The van der Waals surface area contributed by atoms with Crippen LogP contribution in [0.2, 0.25) is 0 Å². The van der Waals surface area contributed by atoms with Gasteiger partial charge in [-0.1, -0.05) is 59.7 Å². The van der Waals surface area contributed by atoms with Crippen molar-refractivity contribution in [3.05, 3.63) is 70.8 Å². The zero-order chi connectivity index (χ0) is 17.5. The van der Waals surface area contributed by atoms with Gasteiger partial charge in [0.05, 0.1) is 0 Å². The summed E-state index contributed by atoms with van der Waals surface area (Å²) in [6.07, 6.45) is -0.609. The van der Waals surface area contributed by atoms with Crippen LogP contribution in [-0.4, -0.2) is 17.7 Å². The predicted molar refractivity (Wildman–Crippen MR) is 93.9 cm³/mol. The number of epoxide rings is 1. The van der Waals surface area contributed by atoms with Crippen molar-refractivity contribution in [2.45, 2.75) is 51.9 Å². The summed E-state index contributed by atoms with van der Waals surface area (Å²) in [5, 5.41) is 0. The Hall–Kier alpha value is -2.13. The molecule has 0 radical (unpaired) electrons. The van der Waals surface area contributed by atoms with Gasteiger partial charge >= 0.3 is 5.97 Å². The van der Waals surface area contributed by atoms with Gasteiger partial charge in [0.15, 0.2) is 11.7 Å². The molecule has 0 amide bonds. The number of hydrogen-bond acceptors (Lipinski definition) is 3. The van der Waals surface area contributed by atoms with E-state index in [9.17, 15) is 4.79 Å². The van der Waals surface area contributed by atoms with E-state index in [4.69, 9.17) is 9.47 Å². The standard InChI is InChI=1S/C21H24O3/c1-14-6-10-16(11-7-14)21(17-12-8-15(2)9-13-17)18(23-21)19(22)24-20(3,4)5/h6-13,18H,1-5H3. The minimum absolute atomic E-state index is 0.316. The molecule has 2 aromatic carbocycles. The Kier molecular flexibility index (Phi) is 4.00. The highest BCUT2D eigenvalue weighted by atomic mass is 16.7. The first-order chi connectivity index (χ1) is 11.2. The van der Waals surface area contributed by atoms with Crippen LogP contribution in [0.4, 0.5) is 0 Å². The Morgan fingerprint density at radius 2 is 1.33 bits per heavy atom. The third-order valence-corrected chi connectivity index (χ3v) is 4.20. The average Bonchev–Trinajstić information content (AvgIpc) is 3.24. The number of ether oxygens (including phenoxy) is 2. The fraction of sp³-hybridized carbons (Fsp3) is 0.381. The first kappa shape index (κ1) is 16.7. The van der Waals surface area contributed by atoms with Gasteiger partial charge in [0, 0.05) is 0 Å². The van der Waals surface area contributed by atoms with Crippen LogP contribution in [0.5, 0.6) is 0 Å². The summed E-state index contributed by atoms with van der Waals surface area (Å²) >= 11 is 0. The molecule has 0 aliphatic carbocycles. The zero-order valence-electron chi connectivity index (χ0n) is 14.9. The van der Waals surface area contributed by atoms with Gasteiger partial charge in [-0.2, -0.15) is 0 Å². The second-order valence-electron chi connectivity index (χ2n) is 7.50. The molecular weight excluding hydrogens is 300 g/mol. The van der Waals surface area contributed by atoms with E-state index >= 15 is 0 Å². The molecule has 1 fully saturated rings. The number of aryl methyl sites for hydroxylation is 2. The Labute approximate surface area is 143 Å². The summed E-state index contributed by atoms with van der Waals surface area (Å²) in [4.78, 5) is 12.6. The summed E-state index contributed by atoms with van der Waals surface area (Å²) in [7, 11) is 0. The highest BCUT2D eigenvalue weighted by molar-refractivity contribution is 5.82. The van der Waals surface area contributed by atoms with Gasteiger partial charge in [-0.15, -0.1) is 0 Å². The van der Waals surface area contributed by atoms with Crippen molar-refractivity contribution in [3.8, 4) is 0 Å². The van der Waals surface area contributed by atoms with Crippen molar-refractivity contribution < 1.29 is 14.3 Å². The number of rotatable bonds is 3. The van der Waals surface area contributed by atoms with Crippen LogP contribution in [0.15, 0.2) is 48.5 Å². The summed E-state index contributed by atoms with van der Waals surface area (Å²) in [5.41, 5.74) is 3.03. The Balaban J connectivity index is 1.99. The SMILES string of the molecule is Cc1ccc(C2(c3ccc(C)cc3)OC2C(=O)OC(C)(C)C)cc1. The van der Waals surface area contributed by atoms with Gasteiger partial charge in [0.1, 0.15) is 5.60 Å². The van der Waals surface area contributed by atoms with Crippen LogP contribution in [0, 0.1) is 13.8 Å². The van der Waals surface area contributed by atoms with Crippen molar-refractivity contribution in [1.29, 1.82) is 0 Å². The minimum atomic E-state index is -0.746. The molecule has 1 aliphatic rings. The molecule has 3 nitrogen and oxygen atoms in total. The quantitative estimate of drug-likeness (QED) is 0.624. The maximum Gasteiger partial charge on any atom is 0.339 e. The van der Waals surface area contributed by atoms with E-state index in [0.717, 1.165) is 11.1 Å². The maximum atomic E-state index is 12.6. The molecule has 3 rings (SSSR count). The number of benzene rings is 2. The second-order valence-corrected chi connectivity index (χ2v) is 7.50. The maximum absolute atomic E-state index is 12.6. The molecule has 0 spiro atoms.